The standard InChI is InChI=1S/C13H18.3ClH.Ti/c1-3-7-12-10(5-1)9-11-6-2-4-8-13(11)12;;;;/h1-9H2;3*1H;/q;;;;+3/p-3. The Kier molecular flexibility index (Phi) is 5.97. The van der Waals surface area contributed by atoms with E-state index in [1.165, 1.54) is 57.8 Å². The number of hydrogen-bond acceptors (Lipinski definition) is 0. The van der Waals surface area contributed by atoms with Crippen LogP contribution in [0.2, 0.25) is 0 Å². The van der Waals surface area contributed by atoms with Crippen LogP contribution in [0.4, 0.5) is 0 Å². The molecule has 0 aliphatic heterocycles. The van der Waals surface area contributed by atoms with E-state index < -0.39 is 14.7 Å². The molecule has 0 spiro atoms. The van der Waals surface area contributed by atoms with E-state index in [9.17, 15) is 0 Å². The average molecular weight is 329 g/mol. The number of hydrogen-bond donors (Lipinski definition) is 0. The first-order chi connectivity index (χ1) is 8.18. The van der Waals surface area contributed by atoms with Gasteiger partial charge in [-0.15, -0.1) is 0 Å². The van der Waals surface area contributed by atoms with Gasteiger partial charge in [0.25, 0.3) is 0 Å². The normalized spacial score (nSPS) is 22.8. The molecule has 0 unspecified atom stereocenters. The van der Waals surface area contributed by atoms with E-state index in [4.69, 9.17) is 27.9 Å². The van der Waals surface area contributed by atoms with Crippen LogP contribution in [0.5, 0.6) is 0 Å². The molecule has 0 radical (unpaired) electrons. The predicted octanol–water partition coefficient (Wildman–Crippen LogP) is 6.20. The van der Waals surface area contributed by atoms with Gasteiger partial charge in [-0.05, 0) is 68.9 Å². The van der Waals surface area contributed by atoms with Crippen LogP contribution in [0.15, 0.2) is 22.3 Å². The van der Waals surface area contributed by atoms with Crippen molar-refractivity contribution in [3.05, 3.63) is 22.3 Å². The molecule has 0 heterocycles. The molecule has 0 aromatic heterocycles. The van der Waals surface area contributed by atoms with E-state index in [1.54, 1.807) is 0 Å². The first kappa shape index (κ1) is 14.5. The van der Waals surface area contributed by atoms with Gasteiger partial charge in [-0.1, -0.05) is 11.1 Å². The van der Waals surface area contributed by atoms with Gasteiger partial charge >= 0.3 is 42.6 Å². The summed E-state index contributed by atoms with van der Waals surface area (Å²) in [6.07, 6.45) is 12.9. The molecule has 0 amide bonds. The summed E-state index contributed by atoms with van der Waals surface area (Å²) in [6.45, 7) is 0. The summed E-state index contributed by atoms with van der Waals surface area (Å²) in [6, 6.07) is 0. The third-order valence-electron chi connectivity index (χ3n) is 3.96. The summed E-state index contributed by atoms with van der Waals surface area (Å²) in [4.78, 5) is 0. The van der Waals surface area contributed by atoms with Crippen LogP contribution in [0, 0.1) is 0 Å². The van der Waals surface area contributed by atoms with Crippen molar-refractivity contribution in [2.24, 2.45) is 0 Å². The molecule has 0 N–H and O–H groups in total. The number of rotatable bonds is 0. The molecular formula is C13H18Cl3Ti. The van der Waals surface area contributed by atoms with Gasteiger partial charge in [0, 0.05) is 0 Å². The summed E-state index contributed by atoms with van der Waals surface area (Å²) < 4.78 is 0. The van der Waals surface area contributed by atoms with Crippen molar-refractivity contribution in [1.29, 1.82) is 0 Å². The van der Waals surface area contributed by atoms with E-state index in [1.807, 2.05) is 22.3 Å². The maximum absolute atomic E-state index is 4.97. The molecule has 3 aliphatic rings. The van der Waals surface area contributed by atoms with E-state index >= 15 is 0 Å². The molecule has 17 heavy (non-hydrogen) atoms. The van der Waals surface area contributed by atoms with Gasteiger partial charge in [-0.2, -0.15) is 0 Å². The zero-order valence-electron chi connectivity index (χ0n) is 10.00. The van der Waals surface area contributed by atoms with Crippen molar-refractivity contribution in [2.45, 2.75) is 57.8 Å². The van der Waals surface area contributed by atoms with Crippen molar-refractivity contribution in [1.82, 2.24) is 0 Å². The van der Waals surface area contributed by atoms with Gasteiger partial charge in [0.05, 0.1) is 0 Å². The summed E-state index contributed by atoms with van der Waals surface area (Å²) >= 11 is -1.92. The van der Waals surface area contributed by atoms with Gasteiger partial charge in [0.1, 0.15) is 0 Å². The van der Waals surface area contributed by atoms with Gasteiger partial charge in [0.15, 0.2) is 0 Å². The van der Waals surface area contributed by atoms with Crippen molar-refractivity contribution < 1.29 is 14.7 Å². The Balaban J connectivity index is 0.000000239. The summed E-state index contributed by atoms with van der Waals surface area (Å²) in [5.74, 6) is 0. The molecule has 95 valence electrons. The van der Waals surface area contributed by atoms with Crippen molar-refractivity contribution in [3.8, 4) is 0 Å². The number of fused-ring (bicyclic) bond motifs is 1. The van der Waals surface area contributed by atoms with Gasteiger partial charge in [-0.25, -0.2) is 0 Å². The Morgan fingerprint density at radius 2 is 1.00 bits per heavy atom. The summed E-state index contributed by atoms with van der Waals surface area (Å²) in [5.41, 5.74) is 7.30. The molecule has 0 aromatic carbocycles. The van der Waals surface area contributed by atoms with Gasteiger partial charge < -0.3 is 0 Å². The van der Waals surface area contributed by atoms with Crippen LogP contribution in [-0.2, 0) is 14.7 Å². The first-order valence-electron chi connectivity index (χ1n) is 6.44. The minimum absolute atomic E-state index is 1.38. The fourth-order valence-electron chi connectivity index (χ4n) is 3.31. The Bertz CT molecular complexity index is 312. The second-order valence-corrected chi connectivity index (χ2v) is 12.7. The van der Waals surface area contributed by atoms with Crippen LogP contribution >= 0.6 is 27.9 Å². The average Bonchev–Trinajstić information content (AvgIpc) is 2.66. The summed E-state index contributed by atoms with van der Waals surface area (Å²) in [5, 5.41) is 0. The van der Waals surface area contributed by atoms with Crippen LogP contribution in [-0.4, -0.2) is 0 Å². The molecule has 4 heteroatoms. The molecular weight excluding hydrogens is 310 g/mol. The van der Waals surface area contributed by atoms with Gasteiger partial charge in [-0.3, -0.25) is 0 Å². The zero-order valence-corrected chi connectivity index (χ0v) is 13.8. The van der Waals surface area contributed by atoms with E-state index in [-0.39, 0.29) is 0 Å². The van der Waals surface area contributed by atoms with Crippen LogP contribution in [0.25, 0.3) is 0 Å². The molecule has 0 nitrogen and oxygen atoms in total. The maximum atomic E-state index is 4.97. The van der Waals surface area contributed by atoms with Crippen LogP contribution in [0.3, 0.4) is 0 Å². The van der Waals surface area contributed by atoms with E-state index in [2.05, 4.69) is 0 Å². The van der Waals surface area contributed by atoms with Gasteiger partial charge in [0.2, 0.25) is 0 Å². The number of allylic oxidation sites excluding steroid dienone is 4. The van der Waals surface area contributed by atoms with E-state index in [0.717, 1.165) is 0 Å². The number of halogens is 3. The minimum atomic E-state index is -1.92. The van der Waals surface area contributed by atoms with Crippen LogP contribution in [0.1, 0.15) is 57.8 Å². The SMILES string of the molecule is C1CCC2=C(C1)CC1=C2CCCC1.[Cl][Ti]([Cl])[Cl]. The second-order valence-electron chi connectivity index (χ2n) is 4.97. The monoisotopic (exact) mass is 327 g/mol. The van der Waals surface area contributed by atoms with Crippen molar-refractivity contribution in [2.75, 3.05) is 0 Å². The van der Waals surface area contributed by atoms with E-state index in [0.29, 0.717) is 0 Å². The fourth-order valence-corrected chi connectivity index (χ4v) is 3.31. The molecule has 0 saturated heterocycles. The third kappa shape index (κ3) is 4.01. The molecule has 0 atom stereocenters. The van der Waals surface area contributed by atoms with Crippen molar-refractivity contribution in [3.63, 3.8) is 0 Å². The molecule has 3 rings (SSSR count). The molecule has 0 aromatic rings. The summed E-state index contributed by atoms with van der Waals surface area (Å²) in [7, 11) is 14.9. The fraction of sp³-hybridized carbons (Fsp3) is 0.692. The van der Waals surface area contributed by atoms with Crippen LogP contribution < -0.4 is 0 Å². The Hall–Kier alpha value is 1.06. The quantitative estimate of drug-likeness (QED) is 0.465. The Labute approximate surface area is 122 Å². The Morgan fingerprint density at radius 1 is 0.647 bits per heavy atom. The van der Waals surface area contributed by atoms with Crippen molar-refractivity contribution >= 4 is 27.9 Å². The molecule has 0 fully saturated rings. The zero-order chi connectivity index (χ0) is 12.3. The predicted molar refractivity (Wildman–Crippen MR) is 73.2 cm³/mol. The topological polar surface area (TPSA) is 0 Å². The third-order valence-corrected chi connectivity index (χ3v) is 3.96. The first-order valence-corrected chi connectivity index (χ1v) is 12.9. The molecule has 0 bridgehead atoms. The molecule has 0 saturated carbocycles. The second kappa shape index (κ2) is 7.01. The Morgan fingerprint density at radius 3 is 1.41 bits per heavy atom. The molecule has 3 aliphatic carbocycles.